The summed E-state index contributed by atoms with van der Waals surface area (Å²) in [7, 11) is 0. The van der Waals surface area contributed by atoms with Crippen molar-refractivity contribution in [2.75, 3.05) is 5.75 Å². The second-order valence-electron chi connectivity index (χ2n) is 4.08. The molecule has 0 bridgehead atoms. The first-order valence-electron chi connectivity index (χ1n) is 5.35. The van der Waals surface area contributed by atoms with Gasteiger partial charge in [0.05, 0.1) is 0 Å². The summed E-state index contributed by atoms with van der Waals surface area (Å²) in [6, 6.07) is 5.11. The number of carboxylic acid groups (broad SMARTS) is 1. The molecule has 17 heavy (non-hydrogen) atoms. The van der Waals surface area contributed by atoms with Gasteiger partial charge in [-0.3, -0.25) is 0 Å². The molecule has 1 heterocycles. The summed E-state index contributed by atoms with van der Waals surface area (Å²) in [5.74, 6) is -4.70. The van der Waals surface area contributed by atoms with Crippen LogP contribution in [0.3, 0.4) is 0 Å². The number of alkyl halides is 2. The fourth-order valence-electron chi connectivity index (χ4n) is 1.86. The van der Waals surface area contributed by atoms with Gasteiger partial charge in [0.25, 0.3) is 0 Å². The SMILES string of the molecule is O=C(O)C(F)(F)Cc1ccc2c(c1)CCCS2. The lowest BCUT2D eigenvalue weighted by Gasteiger charge is -2.17. The number of aryl methyl sites for hydroxylation is 1. The molecule has 92 valence electrons. The fraction of sp³-hybridized carbons (Fsp3) is 0.417. The van der Waals surface area contributed by atoms with Gasteiger partial charge in [-0.15, -0.1) is 11.8 Å². The maximum atomic E-state index is 13.1. The largest absolute Gasteiger partial charge is 0.477 e. The molecule has 1 aliphatic heterocycles. The molecule has 0 fully saturated rings. The molecule has 0 saturated carbocycles. The standard InChI is InChI=1S/C12H12F2O2S/c13-12(14,11(15)16)7-8-3-4-10-9(6-8)2-1-5-17-10/h3-4,6H,1-2,5,7H2,(H,15,16). The van der Waals surface area contributed by atoms with Crippen LogP contribution in [-0.4, -0.2) is 22.8 Å². The van der Waals surface area contributed by atoms with Crippen LogP contribution in [0.5, 0.6) is 0 Å². The zero-order valence-corrected chi connectivity index (χ0v) is 9.90. The van der Waals surface area contributed by atoms with Gasteiger partial charge < -0.3 is 5.11 Å². The molecule has 0 amide bonds. The van der Waals surface area contributed by atoms with E-state index in [2.05, 4.69) is 0 Å². The van der Waals surface area contributed by atoms with Crippen LogP contribution in [0.15, 0.2) is 23.1 Å². The van der Waals surface area contributed by atoms with Crippen molar-refractivity contribution in [1.29, 1.82) is 0 Å². The number of carbonyl (C=O) groups is 1. The topological polar surface area (TPSA) is 37.3 Å². The highest BCUT2D eigenvalue weighted by atomic mass is 32.2. The Kier molecular flexibility index (Phi) is 3.38. The van der Waals surface area contributed by atoms with Crippen LogP contribution in [0.1, 0.15) is 17.5 Å². The zero-order chi connectivity index (χ0) is 12.5. The Morgan fingerprint density at radius 1 is 1.47 bits per heavy atom. The van der Waals surface area contributed by atoms with Crippen molar-refractivity contribution in [3.8, 4) is 0 Å². The van der Waals surface area contributed by atoms with E-state index in [-0.39, 0.29) is 0 Å². The molecular formula is C12H12F2O2S. The molecule has 0 aliphatic carbocycles. The maximum Gasteiger partial charge on any atom is 0.374 e. The predicted octanol–water partition coefficient (Wildman–Crippen LogP) is 2.99. The lowest BCUT2D eigenvalue weighted by molar-refractivity contribution is -0.164. The number of thioether (sulfide) groups is 1. The van der Waals surface area contributed by atoms with E-state index in [4.69, 9.17) is 5.11 Å². The summed E-state index contributed by atoms with van der Waals surface area (Å²) in [4.78, 5) is 11.5. The van der Waals surface area contributed by atoms with E-state index < -0.39 is 18.3 Å². The Balaban J connectivity index is 2.20. The van der Waals surface area contributed by atoms with E-state index >= 15 is 0 Å². The molecule has 1 N–H and O–H groups in total. The highest BCUT2D eigenvalue weighted by molar-refractivity contribution is 7.99. The third kappa shape index (κ3) is 2.77. The molecule has 0 radical (unpaired) electrons. The summed E-state index contributed by atoms with van der Waals surface area (Å²) < 4.78 is 26.1. The number of hydrogen-bond acceptors (Lipinski definition) is 2. The first-order valence-corrected chi connectivity index (χ1v) is 6.33. The van der Waals surface area contributed by atoms with E-state index in [0.717, 1.165) is 29.1 Å². The van der Waals surface area contributed by atoms with Gasteiger partial charge in [-0.1, -0.05) is 12.1 Å². The summed E-state index contributed by atoms with van der Waals surface area (Å²) in [5, 5.41) is 8.39. The molecule has 5 heteroatoms. The number of rotatable bonds is 3. The molecule has 0 spiro atoms. The number of carboxylic acids is 1. The Morgan fingerprint density at radius 2 is 2.24 bits per heavy atom. The van der Waals surface area contributed by atoms with Gasteiger partial charge in [0, 0.05) is 11.3 Å². The lowest BCUT2D eigenvalue weighted by atomic mass is 10.0. The maximum absolute atomic E-state index is 13.1. The minimum Gasteiger partial charge on any atom is -0.477 e. The summed E-state index contributed by atoms with van der Waals surface area (Å²) in [6.07, 6.45) is 1.19. The van der Waals surface area contributed by atoms with E-state index in [0.29, 0.717) is 5.56 Å². The third-order valence-electron chi connectivity index (χ3n) is 2.71. The second-order valence-corrected chi connectivity index (χ2v) is 5.22. The number of aliphatic carboxylic acids is 1. The summed E-state index contributed by atoms with van der Waals surface area (Å²) in [6.45, 7) is 0. The average Bonchev–Trinajstić information content (AvgIpc) is 2.28. The van der Waals surface area contributed by atoms with Gasteiger partial charge in [0.2, 0.25) is 0 Å². The van der Waals surface area contributed by atoms with Crippen LogP contribution in [-0.2, 0) is 17.6 Å². The Labute approximate surface area is 102 Å². The van der Waals surface area contributed by atoms with Gasteiger partial charge in [0.1, 0.15) is 0 Å². The highest BCUT2D eigenvalue weighted by Gasteiger charge is 2.38. The number of halogens is 2. The zero-order valence-electron chi connectivity index (χ0n) is 9.08. The van der Waals surface area contributed by atoms with Crippen LogP contribution in [0.25, 0.3) is 0 Å². The number of benzene rings is 1. The number of fused-ring (bicyclic) bond motifs is 1. The third-order valence-corrected chi connectivity index (χ3v) is 3.91. The minimum absolute atomic E-state index is 0.388. The van der Waals surface area contributed by atoms with Crippen molar-refractivity contribution >= 4 is 17.7 Å². The van der Waals surface area contributed by atoms with Gasteiger partial charge in [-0.05, 0) is 35.8 Å². The van der Waals surface area contributed by atoms with Crippen LogP contribution in [0.2, 0.25) is 0 Å². The van der Waals surface area contributed by atoms with E-state index in [1.54, 1.807) is 23.9 Å². The molecule has 1 aromatic rings. The van der Waals surface area contributed by atoms with Crippen molar-refractivity contribution in [2.24, 2.45) is 0 Å². The molecule has 0 saturated heterocycles. The monoisotopic (exact) mass is 258 g/mol. The van der Waals surface area contributed by atoms with Crippen LogP contribution < -0.4 is 0 Å². The van der Waals surface area contributed by atoms with E-state index in [1.807, 2.05) is 6.07 Å². The lowest BCUT2D eigenvalue weighted by Crippen LogP contribution is -2.30. The quantitative estimate of drug-likeness (QED) is 0.905. The van der Waals surface area contributed by atoms with Gasteiger partial charge in [-0.2, -0.15) is 8.78 Å². The van der Waals surface area contributed by atoms with Crippen LogP contribution >= 0.6 is 11.8 Å². The molecule has 0 aromatic heterocycles. The molecule has 0 unspecified atom stereocenters. The van der Waals surface area contributed by atoms with Crippen molar-refractivity contribution < 1.29 is 18.7 Å². The Morgan fingerprint density at radius 3 is 2.94 bits per heavy atom. The second kappa shape index (κ2) is 4.64. The smallest absolute Gasteiger partial charge is 0.374 e. The van der Waals surface area contributed by atoms with Crippen LogP contribution in [0.4, 0.5) is 8.78 Å². The molecule has 0 atom stereocenters. The minimum atomic E-state index is -3.68. The Hall–Kier alpha value is -1.10. The normalized spacial score (nSPS) is 15.4. The van der Waals surface area contributed by atoms with Gasteiger partial charge in [0.15, 0.2) is 0 Å². The molecule has 2 nitrogen and oxygen atoms in total. The molecule has 1 aromatic carbocycles. The molecular weight excluding hydrogens is 246 g/mol. The van der Waals surface area contributed by atoms with Crippen molar-refractivity contribution in [3.05, 3.63) is 29.3 Å². The predicted molar refractivity (Wildman–Crippen MR) is 61.8 cm³/mol. The highest BCUT2D eigenvalue weighted by Crippen LogP contribution is 2.31. The fourth-order valence-corrected chi connectivity index (χ4v) is 2.87. The summed E-state index contributed by atoms with van der Waals surface area (Å²) in [5.41, 5.74) is 1.44. The summed E-state index contributed by atoms with van der Waals surface area (Å²) >= 11 is 1.72. The Bertz CT molecular complexity index is 446. The van der Waals surface area contributed by atoms with Crippen LogP contribution in [0, 0.1) is 0 Å². The van der Waals surface area contributed by atoms with Crippen molar-refractivity contribution in [3.63, 3.8) is 0 Å². The first kappa shape index (κ1) is 12.4. The molecule has 1 aliphatic rings. The van der Waals surface area contributed by atoms with E-state index in [1.165, 1.54) is 0 Å². The van der Waals surface area contributed by atoms with Crippen molar-refractivity contribution in [2.45, 2.75) is 30.1 Å². The van der Waals surface area contributed by atoms with Gasteiger partial charge >= 0.3 is 11.9 Å². The first-order chi connectivity index (χ1) is 7.99. The number of hydrogen-bond donors (Lipinski definition) is 1. The average molecular weight is 258 g/mol. The van der Waals surface area contributed by atoms with Gasteiger partial charge in [-0.25, -0.2) is 4.79 Å². The van der Waals surface area contributed by atoms with E-state index in [9.17, 15) is 13.6 Å². The van der Waals surface area contributed by atoms with Crippen molar-refractivity contribution in [1.82, 2.24) is 0 Å². The molecule has 2 rings (SSSR count).